The van der Waals surface area contributed by atoms with Crippen molar-refractivity contribution in [1.82, 2.24) is 0 Å². The molecule has 0 unspecified atom stereocenters. The van der Waals surface area contributed by atoms with E-state index in [1.54, 1.807) is 7.11 Å². The summed E-state index contributed by atoms with van der Waals surface area (Å²) in [6, 6.07) is 6.02. The molecule has 0 saturated heterocycles. The fraction of sp³-hybridized carbons (Fsp3) is 0.462. The standard InChI is InChI=1S/C13H19O2/c1-9(2)12-6-5-11(15-4)7-13(12)10(3)8-14/h5-7,9,14H,8H2,1-4H3. The van der Waals surface area contributed by atoms with Crippen LogP contribution in [0.25, 0.3) is 0 Å². The van der Waals surface area contributed by atoms with Gasteiger partial charge in [0.05, 0.1) is 13.7 Å². The maximum atomic E-state index is 9.18. The van der Waals surface area contributed by atoms with Crippen molar-refractivity contribution < 1.29 is 9.84 Å². The minimum atomic E-state index is 0.0902. The zero-order chi connectivity index (χ0) is 11.4. The normalized spacial score (nSPS) is 11.1. The second-order valence-corrected chi connectivity index (χ2v) is 4.05. The molecule has 0 aliphatic heterocycles. The Hall–Kier alpha value is -1.02. The zero-order valence-electron chi connectivity index (χ0n) is 9.87. The first kappa shape index (κ1) is 12.1. The van der Waals surface area contributed by atoms with E-state index >= 15 is 0 Å². The summed E-state index contributed by atoms with van der Waals surface area (Å²) in [5, 5.41) is 9.18. The first-order chi connectivity index (χ1) is 7.10. The summed E-state index contributed by atoms with van der Waals surface area (Å²) in [6.45, 7) is 6.33. The van der Waals surface area contributed by atoms with Crippen LogP contribution in [0.15, 0.2) is 18.2 Å². The van der Waals surface area contributed by atoms with Crippen LogP contribution in [0.3, 0.4) is 0 Å². The van der Waals surface area contributed by atoms with Crippen molar-refractivity contribution in [3.63, 3.8) is 0 Å². The number of hydrogen-bond donors (Lipinski definition) is 1. The molecule has 83 valence electrons. The number of ether oxygens (including phenoxy) is 1. The number of methoxy groups -OCH3 is 1. The van der Waals surface area contributed by atoms with Crippen LogP contribution in [0.2, 0.25) is 0 Å². The van der Waals surface area contributed by atoms with Crippen molar-refractivity contribution in [3.05, 3.63) is 35.2 Å². The fourth-order valence-electron chi connectivity index (χ4n) is 1.62. The third-order valence-electron chi connectivity index (χ3n) is 2.58. The summed E-state index contributed by atoms with van der Waals surface area (Å²) < 4.78 is 5.19. The monoisotopic (exact) mass is 207 g/mol. The second-order valence-electron chi connectivity index (χ2n) is 4.05. The van der Waals surface area contributed by atoms with Crippen molar-refractivity contribution >= 4 is 0 Å². The lowest BCUT2D eigenvalue weighted by atomic mass is 9.90. The SMILES string of the molecule is COc1ccc(C(C)C)c([C](C)CO)c1. The molecule has 2 heteroatoms. The molecule has 0 aliphatic carbocycles. The Morgan fingerprint density at radius 1 is 1.40 bits per heavy atom. The summed E-state index contributed by atoms with van der Waals surface area (Å²) in [7, 11) is 1.66. The highest BCUT2D eigenvalue weighted by Gasteiger charge is 2.13. The van der Waals surface area contributed by atoms with Crippen molar-refractivity contribution in [2.45, 2.75) is 26.7 Å². The van der Waals surface area contributed by atoms with Crippen molar-refractivity contribution in [2.75, 3.05) is 13.7 Å². The molecule has 2 nitrogen and oxygen atoms in total. The van der Waals surface area contributed by atoms with Crippen LogP contribution in [-0.4, -0.2) is 18.8 Å². The van der Waals surface area contributed by atoms with E-state index in [1.165, 1.54) is 5.56 Å². The summed E-state index contributed by atoms with van der Waals surface area (Å²) in [6.07, 6.45) is 0. The van der Waals surface area contributed by atoms with Gasteiger partial charge >= 0.3 is 0 Å². The molecule has 0 fully saturated rings. The molecule has 0 aromatic heterocycles. The molecular formula is C13H19O2. The van der Waals surface area contributed by atoms with Crippen LogP contribution in [-0.2, 0) is 0 Å². The van der Waals surface area contributed by atoms with Crippen LogP contribution >= 0.6 is 0 Å². The minimum Gasteiger partial charge on any atom is -0.497 e. The average molecular weight is 207 g/mol. The number of aliphatic hydroxyl groups is 1. The average Bonchev–Trinajstić information content (AvgIpc) is 2.26. The van der Waals surface area contributed by atoms with Gasteiger partial charge in [0.25, 0.3) is 0 Å². The Labute approximate surface area is 91.9 Å². The largest absolute Gasteiger partial charge is 0.497 e. The Balaban J connectivity index is 3.16. The molecule has 0 bridgehead atoms. The maximum absolute atomic E-state index is 9.18. The van der Waals surface area contributed by atoms with E-state index in [-0.39, 0.29) is 6.61 Å². The van der Waals surface area contributed by atoms with E-state index in [2.05, 4.69) is 19.9 Å². The van der Waals surface area contributed by atoms with E-state index in [1.807, 2.05) is 19.1 Å². The van der Waals surface area contributed by atoms with Gasteiger partial charge in [-0.1, -0.05) is 26.8 Å². The summed E-state index contributed by atoms with van der Waals surface area (Å²) in [4.78, 5) is 0. The Kier molecular flexibility index (Phi) is 4.15. The van der Waals surface area contributed by atoms with Crippen LogP contribution in [0.5, 0.6) is 5.75 Å². The van der Waals surface area contributed by atoms with E-state index in [0.717, 1.165) is 17.2 Å². The zero-order valence-corrected chi connectivity index (χ0v) is 9.87. The maximum Gasteiger partial charge on any atom is 0.119 e. The summed E-state index contributed by atoms with van der Waals surface area (Å²) in [5.74, 6) is 2.27. The fourth-order valence-corrected chi connectivity index (χ4v) is 1.62. The minimum absolute atomic E-state index is 0.0902. The first-order valence-corrected chi connectivity index (χ1v) is 5.21. The molecule has 0 amide bonds. The lowest BCUT2D eigenvalue weighted by molar-refractivity contribution is 0.314. The molecule has 0 heterocycles. The molecule has 1 aromatic rings. The molecule has 15 heavy (non-hydrogen) atoms. The molecule has 1 rings (SSSR count). The number of rotatable bonds is 4. The smallest absolute Gasteiger partial charge is 0.119 e. The van der Waals surface area contributed by atoms with Gasteiger partial charge in [-0.05, 0) is 29.2 Å². The second kappa shape index (κ2) is 5.17. The Morgan fingerprint density at radius 2 is 2.07 bits per heavy atom. The lowest BCUT2D eigenvalue weighted by Gasteiger charge is -2.17. The topological polar surface area (TPSA) is 29.5 Å². The van der Waals surface area contributed by atoms with Crippen LogP contribution in [0, 0.1) is 5.92 Å². The van der Waals surface area contributed by atoms with Gasteiger partial charge in [-0.25, -0.2) is 0 Å². The third kappa shape index (κ3) is 2.72. The third-order valence-corrected chi connectivity index (χ3v) is 2.58. The molecule has 0 aliphatic rings. The van der Waals surface area contributed by atoms with E-state index in [0.29, 0.717) is 5.92 Å². The van der Waals surface area contributed by atoms with Crippen molar-refractivity contribution in [3.8, 4) is 5.75 Å². The molecule has 1 radical (unpaired) electrons. The quantitative estimate of drug-likeness (QED) is 0.822. The van der Waals surface area contributed by atoms with Crippen molar-refractivity contribution in [1.29, 1.82) is 0 Å². The van der Waals surface area contributed by atoms with Gasteiger partial charge in [0, 0.05) is 5.92 Å². The van der Waals surface area contributed by atoms with Gasteiger partial charge < -0.3 is 9.84 Å². The highest BCUT2D eigenvalue weighted by Crippen LogP contribution is 2.29. The van der Waals surface area contributed by atoms with Gasteiger partial charge in [0.1, 0.15) is 5.75 Å². The molecule has 1 N–H and O–H groups in total. The highest BCUT2D eigenvalue weighted by molar-refractivity contribution is 5.44. The molecule has 0 atom stereocenters. The van der Waals surface area contributed by atoms with E-state index < -0.39 is 0 Å². The van der Waals surface area contributed by atoms with Gasteiger partial charge in [-0.3, -0.25) is 0 Å². The summed E-state index contributed by atoms with van der Waals surface area (Å²) >= 11 is 0. The first-order valence-electron chi connectivity index (χ1n) is 5.21. The molecule has 0 saturated carbocycles. The number of hydrogen-bond acceptors (Lipinski definition) is 2. The molecular weight excluding hydrogens is 188 g/mol. The van der Waals surface area contributed by atoms with Crippen molar-refractivity contribution in [2.24, 2.45) is 0 Å². The van der Waals surface area contributed by atoms with E-state index in [9.17, 15) is 5.11 Å². The molecule has 1 aromatic carbocycles. The lowest BCUT2D eigenvalue weighted by Crippen LogP contribution is -2.06. The van der Waals surface area contributed by atoms with Gasteiger partial charge in [0.2, 0.25) is 0 Å². The number of aliphatic hydroxyl groups excluding tert-OH is 1. The summed E-state index contributed by atoms with van der Waals surface area (Å²) in [5.41, 5.74) is 2.36. The highest BCUT2D eigenvalue weighted by atomic mass is 16.5. The van der Waals surface area contributed by atoms with Crippen LogP contribution < -0.4 is 4.74 Å². The van der Waals surface area contributed by atoms with E-state index in [4.69, 9.17) is 4.74 Å². The van der Waals surface area contributed by atoms with Crippen LogP contribution in [0.4, 0.5) is 0 Å². The molecule has 0 spiro atoms. The van der Waals surface area contributed by atoms with Crippen LogP contribution in [0.1, 0.15) is 37.8 Å². The van der Waals surface area contributed by atoms with Gasteiger partial charge in [-0.15, -0.1) is 0 Å². The predicted molar refractivity (Wildman–Crippen MR) is 62.2 cm³/mol. The van der Waals surface area contributed by atoms with Gasteiger partial charge in [0.15, 0.2) is 0 Å². The number of benzene rings is 1. The Morgan fingerprint density at radius 3 is 2.53 bits per heavy atom. The van der Waals surface area contributed by atoms with Gasteiger partial charge in [-0.2, -0.15) is 0 Å². The Bertz CT molecular complexity index is 318. The predicted octanol–water partition coefficient (Wildman–Crippen LogP) is 2.75.